The number of hydrogen-bond donors (Lipinski definition) is 6. The Morgan fingerprint density at radius 2 is 1.35 bits per heavy atom. The number of benzene rings is 2. The number of carbonyl (C=O) groups is 8. The molecule has 12 heterocycles. The average Bonchev–Trinajstić information content (AvgIpc) is 1.75. The molecule has 15 rings (SSSR count). The van der Waals surface area contributed by atoms with Gasteiger partial charge in [-0.05, 0) is 148 Å². The number of aliphatic hydroxyl groups excluding tert-OH is 2. The molecule has 8 N–H and O–H groups in total. The first-order valence-corrected chi connectivity index (χ1v) is 46.1. The first-order valence-electron chi connectivity index (χ1n) is 46.1. The van der Waals surface area contributed by atoms with Gasteiger partial charge in [0.25, 0.3) is 29.5 Å². The van der Waals surface area contributed by atoms with Crippen LogP contribution >= 0.6 is 0 Å². The molecule has 2 aromatic carbocycles. The van der Waals surface area contributed by atoms with E-state index >= 15 is 0 Å². The summed E-state index contributed by atoms with van der Waals surface area (Å²) in [5.74, 6) is -8.03. The van der Waals surface area contributed by atoms with Crippen molar-refractivity contribution in [3.63, 3.8) is 0 Å². The number of esters is 1. The zero-order valence-corrected chi connectivity index (χ0v) is 76.8. The number of methoxy groups -OCH3 is 2. The minimum Gasteiger partial charge on any atom is -0.460 e. The highest BCUT2D eigenvalue weighted by molar-refractivity contribution is 6.39. The van der Waals surface area contributed by atoms with E-state index in [1.807, 2.05) is 88.7 Å². The van der Waals surface area contributed by atoms with Crippen LogP contribution in [0.3, 0.4) is 0 Å². The summed E-state index contributed by atoms with van der Waals surface area (Å²) >= 11 is 0. The number of ether oxygens (including phenoxy) is 5. The Morgan fingerprint density at radius 1 is 0.677 bits per heavy atom. The molecule has 706 valence electrons. The van der Waals surface area contributed by atoms with Gasteiger partial charge in [0, 0.05) is 172 Å². The van der Waals surface area contributed by atoms with Crippen LogP contribution in [0.1, 0.15) is 168 Å². The Morgan fingerprint density at radius 3 is 2.04 bits per heavy atom. The monoisotopic (exact) mass is 1820 g/mol. The quantitative estimate of drug-likeness (QED) is 0.0300. The molecular weight excluding hydrogens is 1710 g/mol. The van der Waals surface area contributed by atoms with Gasteiger partial charge in [0.15, 0.2) is 17.0 Å². The minimum absolute atomic E-state index is 0.0193. The molecule has 15 atom stereocenters. The number of piperazine rings is 2. The maximum Gasteiger partial charge on any atom is 0.407 e. The van der Waals surface area contributed by atoms with Gasteiger partial charge < -0.3 is 89.6 Å². The molecule has 1 aliphatic carbocycles. The number of nitrogens with one attached hydrogen (secondary N) is 1. The number of nitrogens with two attached hydrogens (primary N) is 2. The van der Waals surface area contributed by atoms with E-state index in [-0.39, 0.29) is 73.4 Å². The van der Waals surface area contributed by atoms with E-state index in [2.05, 4.69) is 62.3 Å². The van der Waals surface area contributed by atoms with Crippen molar-refractivity contribution in [2.75, 3.05) is 106 Å². The zero-order valence-electron chi connectivity index (χ0n) is 76.8. The van der Waals surface area contributed by atoms with E-state index in [4.69, 9.17) is 44.7 Å². The molecule has 133 heavy (non-hydrogen) atoms. The molecule has 37 nitrogen and oxygen atoms in total. The van der Waals surface area contributed by atoms with Gasteiger partial charge in [0.1, 0.15) is 59.6 Å². The SMILES string of the molecule is CO[C@H]1C[C@@H]2CC[C@@H](C)[C@@](O)(O2)C(=O)C(=O)N2CCCC[C@H]2C(=O)O[C@H]([C@H](C)C[C@@H]2CC[C@@H](OC(=O)NCc3cnc(N4CCN(c5ncc(C(=O)N6CCN(c7ncc(C(=O)N8CCc9cc(Cn%10nc(-c%11ccc%12oc(N)nc%12c%11)c%11c(N)ncnc%11%10)ccc9C8)cn7)CC6)cn5)CC4)nc3)[C@H](OC)C2)CC(=O)[C@H](C)/C=C(\C)[C@@H](O)[C@@H](O)C(=O)[C@H](C)C[C@H](C)/C=C/C=CC=C1C. The molecule has 0 spiro atoms. The van der Waals surface area contributed by atoms with Crippen LogP contribution in [0.25, 0.3) is 33.4 Å². The van der Waals surface area contributed by atoms with Gasteiger partial charge in [-0.1, -0.05) is 89.3 Å². The molecule has 6 aliphatic heterocycles. The Labute approximate surface area is 771 Å². The molecule has 0 radical (unpaired) electrons. The summed E-state index contributed by atoms with van der Waals surface area (Å²) in [5, 5.41) is 43.2. The largest absolute Gasteiger partial charge is 0.460 e. The van der Waals surface area contributed by atoms with Crippen molar-refractivity contribution in [1.82, 2.24) is 74.7 Å². The number of aliphatic hydroxyl groups is 3. The van der Waals surface area contributed by atoms with Crippen molar-refractivity contribution < 1.29 is 81.8 Å². The molecule has 8 aromatic rings. The zero-order chi connectivity index (χ0) is 94.1. The number of piperidine rings is 1. The Balaban J connectivity index is 0.497. The molecule has 1 saturated carbocycles. The van der Waals surface area contributed by atoms with Crippen molar-refractivity contribution in [3.05, 3.63) is 161 Å². The summed E-state index contributed by atoms with van der Waals surface area (Å²) in [7, 11) is 3.10. The van der Waals surface area contributed by atoms with Crippen LogP contribution in [0.2, 0.25) is 0 Å². The number of hydrogen-bond acceptors (Lipinski definition) is 32. The lowest BCUT2D eigenvalue weighted by molar-refractivity contribution is -0.265. The number of nitrogen functional groups attached to an aromatic ring is 2. The van der Waals surface area contributed by atoms with Crippen LogP contribution < -0.4 is 31.5 Å². The number of nitrogens with zero attached hydrogens (tertiary/aromatic N) is 17. The van der Waals surface area contributed by atoms with Crippen LogP contribution in [-0.2, 0) is 73.7 Å². The number of Topliss-reactive ketones (excluding diaryl/α,β-unsaturated/α-hetero) is 3. The number of carbonyl (C=O) groups excluding carboxylic acids is 8. The highest BCUT2D eigenvalue weighted by Crippen LogP contribution is 2.40. The van der Waals surface area contributed by atoms with Gasteiger partial charge in [-0.25, -0.2) is 54.1 Å². The van der Waals surface area contributed by atoms with Crippen LogP contribution in [0.5, 0.6) is 0 Å². The highest BCUT2D eigenvalue weighted by atomic mass is 16.6. The number of aromatic nitrogens is 11. The molecule has 2 bridgehead atoms. The highest BCUT2D eigenvalue weighted by Gasteiger charge is 2.53. The second kappa shape index (κ2) is 42.2. The normalized spacial score (nSPS) is 27.0. The fourth-order valence-corrected chi connectivity index (χ4v) is 19.2. The number of cyclic esters (lactones) is 1. The summed E-state index contributed by atoms with van der Waals surface area (Å²) in [4.78, 5) is 165. The van der Waals surface area contributed by atoms with Crippen LogP contribution in [0.15, 0.2) is 132 Å². The number of amides is 4. The van der Waals surface area contributed by atoms with Crippen LogP contribution in [0, 0.1) is 35.5 Å². The standard InChI is InChI=1S/C96H120N20O17/c1-55-15-11-10-12-16-56(2)76(128-8)43-70-23-18-61(7)96(127,133-70)84(121)89(124)115-27-14-13-17-72(115)90(125)130-77(44-73(117)57(3)38-60(6)82(119)83(120)81(118)59(5)37-55)58(4)39-62-20-24-75(78(41-62)129-9)132-95(126)105-47-64-45-99-92(100-46-64)112-33-35-113(36-34-112)94-101-48-68(49-102-94)87(122)110-29-31-111(32-30-110)93-103-50-69(51-104-93)88(123)114-28-26-65-40-63(19-21-67(65)53-114)52-116-86-79(85(97)106-54-107-86)80(109-116)66-22-25-74-71(42-66)108-91(98)131-74/h10-12,15-16,19,21-22,25,38,40,42,45-46,48-51,54-55,57-59,61-62,70,72,75-78,82-83,119-120,127H,13-14,17-18,20,23-24,26-37,39,41,43-44,47,52-53H2,1-9H3,(H2,98,108)(H,105,126)(H2,97,106,107)/b12-10?,15-11+,56-16?,60-38+/t55-,57-,58-,59-,61-,62+,70+,72+,75-,76+,77+,78-,82-,83+,96-/m1/s1. The number of oxazole rings is 1. The summed E-state index contributed by atoms with van der Waals surface area (Å²) in [6.07, 6.45) is 19.2. The molecule has 5 fully saturated rings. The minimum atomic E-state index is -2.50. The number of alkyl carbamates (subject to hydrolysis) is 1. The van der Waals surface area contributed by atoms with Gasteiger partial charge in [0.05, 0.1) is 41.4 Å². The number of fused-ring (bicyclic) bond motifs is 6. The number of ketones is 3. The topological polar surface area (TPSA) is 474 Å². The predicted octanol–water partition coefficient (Wildman–Crippen LogP) is 8.48. The summed E-state index contributed by atoms with van der Waals surface area (Å²) in [6, 6.07) is 10.6. The average molecular weight is 1830 g/mol. The summed E-state index contributed by atoms with van der Waals surface area (Å²) in [6.45, 7) is 17.7. The van der Waals surface area contributed by atoms with Gasteiger partial charge in [-0.15, -0.1) is 0 Å². The van der Waals surface area contributed by atoms with Crippen molar-refractivity contribution >= 4 is 98.9 Å². The molecule has 4 saturated heterocycles. The van der Waals surface area contributed by atoms with E-state index in [0.29, 0.717) is 204 Å². The van der Waals surface area contributed by atoms with E-state index < -0.39 is 108 Å². The van der Waals surface area contributed by atoms with Crippen molar-refractivity contribution in [1.29, 1.82) is 0 Å². The van der Waals surface area contributed by atoms with Gasteiger partial charge in [-0.3, -0.25) is 28.8 Å². The lowest BCUT2D eigenvalue weighted by atomic mass is 9.78. The molecule has 37 heteroatoms. The lowest BCUT2D eigenvalue weighted by Gasteiger charge is -2.42. The fraction of sp³-hybridized carbons (Fsp3) is 0.521. The lowest BCUT2D eigenvalue weighted by Crippen LogP contribution is -2.61. The summed E-state index contributed by atoms with van der Waals surface area (Å²) < 4.78 is 37.8. The molecule has 6 aromatic heterocycles. The van der Waals surface area contributed by atoms with Gasteiger partial charge in [-0.2, -0.15) is 10.1 Å². The smallest absolute Gasteiger partial charge is 0.407 e. The number of rotatable bonds is 16. The first kappa shape index (κ1) is 95.2. The van der Waals surface area contributed by atoms with Crippen LogP contribution in [-0.4, -0.2) is 266 Å². The number of allylic oxidation sites excluding steroid dienone is 6. The predicted molar refractivity (Wildman–Crippen MR) is 491 cm³/mol. The third kappa shape index (κ3) is 22.1. The second-order valence-corrected chi connectivity index (χ2v) is 36.6. The van der Waals surface area contributed by atoms with Crippen LogP contribution in [0.4, 0.5) is 34.5 Å². The van der Waals surface area contributed by atoms with E-state index in [9.17, 15) is 53.7 Å². The maximum absolute atomic E-state index is 14.8. The molecule has 7 aliphatic rings. The van der Waals surface area contributed by atoms with Gasteiger partial charge >= 0.3 is 12.1 Å². The van der Waals surface area contributed by atoms with Crippen molar-refractivity contribution in [2.24, 2.45) is 35.5 Å². The summed E-state index contributed by atoms with van der Waals surface area (Å²) in [5.41, 5.74) is 21.0. The van der Waals surface area contributed by atoms with E-state index in [1.165, 1.54) is 19.3 Å². The second-order valence-electron chi connectivity index (χ2n) is 36.6. The fourth-order valence-electron chi connectivity index (χ4n) is 19.2. The van der Waals surface area contributed by atoms with Gasteiger partial charge in [0.2, 0.25) is 23.6 Å². The Hall–Kier alpha value is -12.4. The Kier molecular flexibility index (Phi) is 30.2. The van der Waals surface area contributed by atoms with E-state index in [0.717, 1.165) is 32.7 Å². The maximum atomic E-state index is 14.8. The molecular formula is C96H120N20O17. The van der Waals surface area contributed by atoms with Crippen molar-refractivity contribution in [2.45, 2.75) is 206 Å². The van der Waals surface area contributed by atoms with E-state index in [1.54, 1.807) is 88.0 Å². The van der Waals surface area contributed by atoms with Crippen molar-refractivity contribution in [3.8, 4) is 11.3 Å². The number of anilines is 5. The molecule has 4 amide bonds. The first-order chi connectivity index (χ1) is 64.0. The molecule has 0 unspecified atom stereocenters. The third-order valence-corrected chi connectivity index (χ3v) is 27.2. The third-order valence-electron chi connectivity index (χ3n) is 27.2. The Bertz CT molecular complexity index is 5680.